The van der Waals surface area contributed by atoms with E-state index < -0.39 is 0 Å². The van der Waals surface area contributed by atoms with Gasteiger partial charge in [-0.2, -0.15) is 0 Å². The zero-order valence-electron chi connectivity index (χ0n) is 12.3. The molecule has 1 aliphatic rings. The fourth-order valence-electron chi connectivity index (χ4n) is 2.94. The van der Waals surface area contributed by atoms with Gasteiger partial charge in [0.15, 0.2) is 0 Å². The second-order valence-electron chi connectivity index (χ2n) is 5.30. The van der Waals surface area contributed by atoms with Gasteiger partial charge in [-0.1, -0.05) is 27.1 Å². The summed E-state index contributed by atoms with van der Waals surface area (Å²) in [7, 11) is 1.69. The monoisotopic (exact) mass is 391 g/mol. The fourth-order valence-corrected chi connectivity index (χ4v) is 4.11. The molecule has 8 heteroatoms. The molecular formula is C15H14BrN5OS. The summed E-state index contributed by atoms with van der Waals surface area (Å²) in [6.45, 7) is 0. The maximum absolute atomic E-state index is 5.55. The summed E-state index contributed by atoms with van der Waals surface area (Å²) in [4.78, 5) is 1.28. The molecule has 0 spiro atoms. The van der Waals surface area contributed by atoms with Crippen LogP contribution in [0.1, 0.15) is 28.9 Å². The molecule has 1 aromatic carbocycles. The minimum atomic E-state index is 0.0146. The Bertz CT molecular complexity index is 819. The van der Waals surface area contributed by atoms with Crippen LogP contribution in [0.4, 0.5) is 5.95 Å². The summed E-state index contributed by atoms with van der Waals surface area (Å²) in [5.74, 6) is 1.52. The Morgan fingerprint density at radius 1 is 1.39 bits per heavy atom. The van der Waals surface area contributed by atoms with E-state index in [9.17, 15) is 0 Å². The molecule has 3 heterocycles. The van der Waals surface area contributed by atoms with Crippen LogP contribution in [0, 0.1) is 0 Å². The molecule has 0 aliphatic carbocycles. The maximum Gasteiger partial charge on any atom is 0.244 e. The molecule has 0 bridgehead atoms. The van der Waals surface area contributed by atoms with Crippen molar-refractivity contribution in [2.24, 2.45) is 0 Å². The first-order valence-electron chi connectivity index (χ1n) is 7.17. The van der Waals surface area contributed by atoms with E-state index in [0.717, 1.165) is 22.2 Å². The average molecular weight is 392 g/mol. The van der Waals surface area contributed by atoms with Gasteiger partial charge < -0.3 is 10.1 Å². The highest BCUT2D eigenvalue weighted by molar-refractivity contribution is 9.10. The van der Waals surface area contributed by atoms with Gasteiger partial charge in [-0.3, -0.25) is 0 Å². The molecule has 2 atom stereocenters. The van der Waals surface area contributed by atoms with Crippen LogP contribution in [0.5, 0.6) is 5.75 Å². The lowest BCUT2D eigenvalue weighted by atomic mass is 9.96. The Morgan fingerprint density at radius 3 is 3.09 bits per heavy atom. The molecular weight excluding hydrogens is 378 g/mol. The number of rotatable bonds is 3. The van der Waals surface area contributed by atoms with Gasteiger partial charge in [-0.15, -0.1) is 11.3 Å². The summed E-state index contributed by atoms with van der Waals surface area (Å²) in [5.41, 5.74) is 1.07. The van der Waals surface area contributed by atoms with Crippen molar-refractivity contribution in [3.05, 3.63) is 50.6 Å². The van der Waals surface area contributed by atoms with E-state index in [2.05, 4.69) is 60.4 Å². The minimum Gasteiger partial charge on any atom is -0.496 e. The van der Waals surface area contributed by atoms with Crippen molar-refractivity contribution < 1.29 is 4.74 Å². The summed E-state index contributed by atoms with van der Waals surface area (Å²) < 4.78 is 8.39. The molecule has 1 N–H and O–H groups in total. The van der Waals surface area contributed by atoms with Crippen molar-refractivity contribution >= 4 is 33.2 Å². The number of tetrazole rings is 1. The van der Waals surface area contributed by atoms with E-state index in [-0.39, 0.29) is 12.1 Å². The highest BCUT2D eigenvalue weighted by Crippen LogP contribution is 2.41. The van der Waals surface area contributed by atoms with Crippen LogP contribution < -0.4 is 10.1 Å². The summed E-state index contributed by atoms with van der Waals surface area (Å²) in [5, 5.41) is 17.6. The smallest absolute Gasteiger partial charge is 0.244 e. The van der Waals surface area contributed by atoms with Crippen LogP contribution in [0.15, 0.2) is 40.2 Å². The van der Waals surface area contributed by atoms with E-state index in [1.807, 2.05) is 16.8 Å². The van der Waals surface area contributed by atoms with Crippen LogP contribution in [-0.4, -0.2) is 27.3 Å². The minimum absolute atomic E-state index is 0.0146. The van der Waals surface area contributed by atoms with Gasteiger partial charge in [-0.25, -0.2) is 4.68 Å². The Balaban J connectivity index is 1.80. The van der Waals surface area contributed by atoms with E-state index in [1.165, 1.54) is 4.88 Å². The molecule has 0 saturated heterocycles. The van der Waals surface area contributed by atoms with Crippen molar-refractivity contribution in [3.8, 4) is 5.75 Å². The number of ether oxygens (including phenoxy) is 1. The first-order valence-corrected chi connectivity index (χ1v) is 8.85. The number of benzene rings is 1. The predicted molar refractivity (Wildman–Crippen MR) is 91.9 cm³/mol. The van der Waals surface area contributed by atoms with Crippen molar-refractivity contribution in [1.29, 1.82) is 0 Å². The quantitative estimate of drug-likeness (QED) is 0.737. The average Bonchev–Trinajstić information content (AvgIpc) is 3.25. The zero-order chi connectivity index (χ0) is 15.8. The third kappa shape index (κ3) is 2.61. The summed E-state index contributed by atoms with van der Waals surface area (Å²) in [6, 6.07) is 10.4. The Labute approximate surface area is 145 Å². The van der Waals surface area contributed by atoms with Gasteiger partial charge in [0.2, 0.25) is 5.95 Å². The Hall–Kier alpha value is -1.93. The van der Waals surface area contributed by atoms with Gasteiger partial charge in [-0.05, 0) is 46.5 Å². The molecule has 2 aromatic heterocycles. The molecule has 0 fully saturated rings. The molecule has 3 aromatic rings. The van der Waals surface area contributed by atoms with Crippen molar-refractivity contribution in [3.63, 3.8) is 0 Å². The highest BCUT2D eigenvalue weighted by Gasteiger charge is 2.32. The molecule has 4 rings (SSSR count). The second-order valence-corrected chi connectivity index (χ2v) is 7.19. The topological polar surface area (TPSA) is 64.9 Å². The number of nitrogens with zero attached hydrogens (tertiary/aromatic N) is 4. The van der Waals surface area contributed by atoms with Gasteiger partial charge in [0, 0.05) is 14.9 Å². The highest BCUT2D eigenvalue weighted by atomic mass is 79.9. The maximum atomic E-state index is 5.55. The van der Waals surface area contributed by atoms with E-state index in [4.69, 9.17) is 4.74 Å². The first-order chi connectivity index (χ1) is 11.3. The molecule has 0 amide bonds. The lowest BCUT2D eigenvalue weighted by Crippen LogP contribution is -2.28. The number of halogens is 1. The zero-order valence-corrected chi connectivity index (χ0v) is 14.7. The number of anilines is 1. The van der Waals surface area contributed by atoms with Gasteiger partial charge >= 0.3 is 0 Å². The van der Waals surface area contributed by atoms with Crippen LogP contribution in [0.25, 0.3) is 0 Å². The van der Waals surface area contributed by atoms with Gasteiger partial charge in [0.1, 0.15) is 5.75 Å². The van der Waals surface area contributed by atoms with E-state index in [0.29, 0.717) is 5.95 Å². The number of nitrogens with one attached hydrogen (secondary N) is 1. The Kier molecular flexibility index (Phi) is 3.78. The molecule has 0 radical (unpaired) electrons. The Morgan fingerprint density at radius 2 is 2.30 bits per heavy atom. The number of thiophene rings is 1. The number of methoxy groups -OCH3 is 1. The van der Waals surface area contributed by atoms with Crippen molar-refractivity contribution in [2.45, 2.75) is 18.5 Å². The van der Waals surface area contributed by atoms with Crippen molar-refractivity contribution in [2.75, 3.05) is 12.4 Å². The third-order valence-corrected chi connectivity index (χ3v) is 5.47. The molecule has 0 saturated carbocycles. The normalized spacial score (nSPS) is 19.9. The lowest BCUT2D eigenvalue weighted by molar-refractivity contribution is 0.378. The molecule has 2 unspecified atom stereocenters. The van der Waals surface area contributed by atoms with Gasteiger partial charge in [0.05, 0.1) is 19.2 Å². The lowest BCUT2D eigenvalue weighted by Gasteiger charge is -2.31. The molecule has 6 nitrogen and oxygen atoms in total. The number of fused-ring (bicyclic) bond motifs is 1. The molecule has 23 heavy (non-hydrogen) atoms. The predicted octanol–water partition coefficient (Wildman–Crippen LogP) is 3.65. The van der Waals surface area contributed by atoms with Crippen LogP contribution in [-0.2, 0) is 0 Å². The number of aromatic nitrogens is 4. The van der Waals surface area contributed by atoms with Crippen LogP contribution in [0.2, 0.25) is 0 Å². The summed E-state index contributed by atoms with van der Waals surface area (Å²) >= 11 is 5.28. The van der Waals surface area contributed by atoms with E-state index >= 15 is 0 Å². The van der Waals surface area contributed by atoms with Crippen LogP contribution >= 0.6 is 27.3 Å². The molecule has 1 aliphatic heterocycles. The second kappa shape index (κ2) is 5.93. The molecule has 118 valence electrons. The number of hydrogen-bond acceptors (Lipinski definition) is 6. The van der Waals surface area contributed by atoms with Gasteiger partial charge in [0.25, 0.3) is 0 Å². The fraction of sp³-hybridized carbons (Fsp3) is 0.267. The summed E-state index contributed by atoms with van der Waals surface area (Å²) in [6.07, 6.45) is 0.853. The van der Waals surface area contributed by atoms with Crippen LogP contribution in [0.3, 0.4) is 0 Å². The largest absolute Gasteiger partial charge is 0.496 e. The van der Waals surface area contributed by atoms with Crippen molar-refractivity contribution in [1.82, 2.24) is 20.2 Å². The number of hydrogen-bond donors (Lipinski definition) is 1. The standard InChI is InChI=1S/C15H14BrN5OS/c1-22-13-5-4-9(16)7-10(13)12-8-11(14-3-2-6-23-14)17-15-18-19-20-21(12)15/h2-7,11-12H,8H2,1H3,(H,17,18,20). The third-order valence-electron chi connectivity index (χ3n) is 3.99. The van der Waals surface area contributed by atoms with E-state index in [1.54, 1.807) is 18.4 Å². The first kappa shape index (κ1) is 14.6. The SMILES string of the molecule is COc1ccc(Br)cc1C1CC(c2cccs2)Nc2nnnn21.